The molecule has 6 atom stereocenters. The van der Waals surface area contributed by atoms with Gasteiger partial charge in [0.15, 0.2) is 5.13 Å². The van der Waals surface area contributed by atoms with E-state index in [9.17, 15) is 19.5 Å². The molecular weight excluding hydrogens is 496 g/mol. The van der Waals surface area contributed by atoms with Gasteiger partial charge < -0.3 is 21.1 Å². The Morgan fingerprint density at radius 3 is 2.67 bits per heavy atom. The molecule has 3 aliphatic rings. The van der Waals surface area contributed by atoms with Gasteiger partial charge in [-0.05, 0) is 56.9 Å². The number of β-lactam (4-membered cyclic amide) rings is 1. The number of amides is 2. The lowest BCUT2D eigenvalue weighted by molar-refractivity contribution is -0.161. The number of anilines is 1. The van der Waals surface area contributed by atoms with Gasteiger partial charge in [0.25, 0.3) is 0 Å². The molecule has 4 N–H and O–H groups in total. The molecule has 8 nitrogen and oxygen atoms in total. The Balaban J connectivity index is 1.21. The Hall–Kier alpha value is -2.59. The summed E-state index contributed by atoms with van der Waals surface area (Å²) in [6.07, 6.45) is 4.07. The van der Waals surface area contributed by atoms with Crippen LogP contribution in [0.25, 0.3) is 0 Å². The maximum absolute atomic E-state index is 12.9. The highest BCUT2D eigenvalue weighted by Gasteiger charge is 2.64. The van der Waals surface area contributed by atoms with Crippen LogP contribution in [0.1, 0.15) is 69.0 Å². The lowest BCUT2D eigenvalue weighted by Gasteiger charge is -2.43. The largest absolute Gasteiger partial charge is 0.480 e. The van der Waals surface area contributed by atoms with Crippen molar-refractivity contribution in [1.29, 1.82) is 0 Å². The Morgan fingerprint density at radius 2 is 2.00 bits per heavy atom. The van der Waals surface area contributed by atoms with Crippen molar-refractivity contribution in [3.05, 3.63) is 47.0 Å². The summed E-state index contributed by atoms with van der Waals surface area (Å²) in [6, 6.07) is 9.01. The third-order valence-corrected chi connectivity index (χ3v) is 10.2. The number of nitrogens with zero attached hydrogens (tertiary/aromatic N) is 2. The molecule has 1 aromatic carbocycles. The van der Waals surface area contributed by atoms with E-state index in [1.165, 1.54) is 33.6 Å². The van der Waals surface area contributed by atoms with E-state index in [1.54, 1.807) is 0 Å². The quantitative estimate of drug-likeness (QED) is 0.467. The number of nitrogen functional groups attached to an aromatic ring is 1. The van der Waals surface area contributed by atoms with Gasteiger partial charge in [0.05, 0.1) is 5.69 Å². The highest BCUT2D eigenvalue weighted by molar-refractivity contribution is 8.01. The zero-order chi connectivity index (χ0) is 25.6. The number of nitrogens with one attached hydrogen (secondary N) is 1. The smallest absolute Gasteiger partial charge is 0.327 e. The summed E-state index contributed by atoms with van der Waals surface area (Å²) < 4.78 is -0.606. The monoisotopic (exact) mass is 528 g/mol. The molecule has 2 amide bonds. The van der Waals surface area contributed by atoms with Crippen LogP contribution in [0, 0.1) is 5.92 Å². The first-order valence-corrected chi connectivity index (χ1v) is 14.2. The van der Waals surface area contributed by atoms with Gasteiger partial charge in [-0.3, -0.25) is 9.59 Å². The number of hydrogen-bond donors (Lipinski definition) is 3. The lowest BCUT2D eigenvalue weighted by atomic mass is 9.69. The molecule has 10 heteroatoms. The topological polar surface area (TPSA) is 126 Å². The van der Waals surface area contributed by atoms with Crippen LogP contribution in [0.4, 0.5) is 5.13 Å². The third-order valence-electron chi connectivity index (χ3n) is 7.92. The molecule has 192 valence electrons. The highest BCUT2D eigenvalue weighted by Crippen LogP contribution is 2.51. The van der Waals surface area contributed by atoms with Crippen molar-refractivity contribution in [3.63, 3.8) is 0 Å². The standard InChI is InChI=1S/C26H32N4O4S2/c1-26(2)21(24(33)34)30-22(32)20(23(30)36-26)29-19(31)11-10-15-8-9-16(14-6-4-3-5-7-14)12-17(15)18-13-35-25(27)28-18/h3-7,13,15-17,20-21,23H,8-12H2,1-2H3,(H2,27,28)(H,29,31)(H,33,34)/t15?,16-,17+,20+,21-,23+/m0/s1. The first-order valence-electron chi connectivity index (χ1n) is 12.4. The summed E-state index contributed by atoms with van der Waals surface area (Å²) in [7, 11) is 0. The van der Waals surface area contributed by atoms with E-state index in [2.05, 4.69) is 34.6 Å². The van der Waals surface area contributed by atoms with E-state index in [0.717, 1.165) is 25.0 Å². The number of thioether (sulfide) groups is 1. The van der Waals surface area contributed by atoms with Gasteiger partial charge >= 0.3 is 5.97 Å². The summed E-state index contributed by atoms with van der Waals surface area (Å²) in [5.41, 5.74) is 8.30. The Labute approximate surface area is 219 Å². The van der Waals surface area contributed by atoms with Crippen LogP contribution in [0.2, 0.25) is 0 Å². The molecule has 1 unspecified atom stereocenters. The summed E-state index contributed by atoms with van der Waals surface area (Å²) in [5.74, 6) is -0.485. The number of nitrogens with two attached hydrogens (primary N) is 1. The molecule has 0 spiro atoms. The Bertz CT molecular complexity index is 1150. The maximum Gasteiger partial charge on any atom is 0.327 e. The molecule has 2 aliphatic heterocycles. The minimum atomic E-state index is -1.01. The Morgan fingerprint density at radius 1 is 1.25 bits per heavy atom. The van der Waals surface area contributed by atoms with Gasteiger partial charge in [-0.2, -0.15) is 0 Å². The van der Waals surface area contributed by atoms with Crippen molar-refractivity contribution in [2.45, 2.75) is 80.0 Å². The number of hydrogen-bond acceptors (Lipinski definition) is 7. The summed E-state index contributed by atoms with van der Waals surface area (Å²) in [6.45, 7) is 3.66. The average Bonchev–Trinajstić information content (AvgIpc) is 3.40. The Kier molecular flexibility index (Phi) is 6.76. The van der Waals surface area contributed by atoms with Crippen LogP contribution < -0.4 is 11.1 Å². The number of fused-ring (bicyclic) bond motifs is 1. The van der Waals surface area contributed by atoms with Gasteiger partial charge in [-0.15, -0.1) is 23.1 Å². The molecule has 1 aliphatic carbocycles. The zero-order valence-electron chi connectivity index (χ0n) is 20.4. The predicted octanol–water partition coefficient (Wildman–Crippen LogP) is 3.80. The van der Waals surface area contributed by atoms with Crippen molar-refractivity contribution < 1.29 is 19.5 Å². The fourth-order valence-corrected chi connectivity index (χ4v) is 8.40. The number of rotatable bonds is 7. The van der Waals surface area contributed by atoms with Crippen LogP contribution >= 0.6 is 23.1 Å². The number of aromatic nitrogens is 1. The van der Waals surface area contributed by atoms with Gasteiger partial charge in [-0.25, -0.2) is 9.78 Å². The van der Waals surface area contributed by atoms with Crippen LogP contribution in [0.3, 0.4) is 0 Å². The molecule has 2 saturated heterocycles. The number of aliphatic carboxylic acids is 1. The molecule has 3 heterocycles. The van der Waals surface area contributed by atoms with Gasteiger partial charge in [-0.1, -0.05) is 30.3 Å². The second-order valence-corrected chi connectivity index (χ2v) is 13.2. The first-order chi connectivity index (χ1) is 17.2. The van der Waals surface area contributed by atoms with E-state index in [-0.39, 0.29) is 23.1 Å². The predicted molar refractivity (Wildman–Crippen MR) is 141 cm³/mol. The fourth-order valence-electron chi connectivity index (χ4n) is 6.15. The lowest BCUT2D eigenvalue weighted by Crippen LogP contribution is -2.70. The molecular formula is C26H32N4O4S2. The summed E-state index contributed by atoms with van der Waals surface area (Å²) >= 11 is 2.90. The number of carboxylic acid groups (broad SMARTS) is 1. The van der Waals surface area contributed by atoms with Crippen LogP contribution in [0.15, 0.2) is 35.7 Å². The average molecular weight is 529 g/mol. The van der Waals surface area contributed by atoms with Crippen LogP contribution in [0.5, 0.6) is 0 Å². The van der Waals surface area contributed by atoms with Gasteiger partial charge in [0, 0.05) is 22.5 Å². The van der Waals surface area contributed by atoms with E-state index in [1.807, 2.05) is 25.3 Å². The number of carbonyl (C=O) groups excluding carboxylic acids is 2. The molecule has 36 heavy (non-hydrogen) atoms. The summed E-state index contributed by atoms with van der Waals surface area (Å²) in [4.78, 5) is 43.3. The minimum absolute atomic E-state index is 0.160. The van der Waals surface area contributed by atoms with E-state index in [0.29, 0.717) is 29.8 Å². The maximum atomic E-state index is 12.9. The molecule has 0 bridgehead atoms. The second-order valence-electron chi connectivity index (χ2n) is 10.6. The third kappa shape index (κ3) is 4.61. The van der Waals surface area contributed by atoms with Crippen molar-refractivity contribution >= 4 is 46.0 Å². The number of carbonyl (C=O) groups is 3. The van der Waals surface area contributed by atoms with Crippen LogP contribution in [-0.2, 0) is 14.4 Å². The van der Waals surface area contributed by atoms with E-state index in [4.69, 9.17) is 5.73 Å². The van der Waals surface area contributed by atoms with E-state index >= 15 is 0 Å². The molecule has 5 rings (SSSR count). The number of benzene rings is 1. The molecule has 0 radical (unpaired) electrons. The fraction of sp³-hybridized carbons (Fsp3) is 0.538. The van der Waals surface area contributed by atoms with Crippen molar-refractivity contribution in [1.82, 2.24) is 15.2 Å². The second kappa shape index (κ2) is 9.70. The van der Waals surface area contributed by atoms with Crippen LogP contribution in [-0.4, -0.2) is 55.0 Å². The molecule has 1 saturated carbocycles. The van der Waals surface area contributed by atoms with E-state index < -0.39 is 22.8 Å². The number of thiazole rings is 1. The SMILES string of the molecule is CC1(C)S[C@@H]2[C@H](NC(=O)CCC3CC[C@H](c4ccccc4)C[C@H]3c3csc(N)n3)C(=O)N2[C@H]1C(=O)O. The number of carboxylic acids is 1. The minimum Gasteiger partial charge on any atom is -0.480 e. The summed E-state index contributed by atoms with van der Waals surface area (Å²) in [5, 5.41) is 14.8. The van der Waals surface area contributed by atoms with Crippen molar-refractivity contribution in [3.8, 4) is 0 Å². The first kappa shape index (κ1) is 25.1. The molecule has 1 aromatic heterocycles. The van der Waals surface area contributed by atoms with Crippen molar-refractivity contribution in [2.75, 3.05) is 5.73 Å². The van der Waals surface area contributed by atoms with Crippen molar-refractivity contribution in [2.24, 2.45) is 5.92 Å². The normalized spacial score (nSPS) is 30.9. The highest BCUT2D eigenvalue weighted by atomic mass is 32.2. The van der Waals surface area contributed by atoms with Gasteiger partial charge in [0.2, 0.25) is 11.8 Å². The molecule has 2 aromatic rings. The molecule has 3 fully saturated rings. The zero-order valence-corrected chi connectivity index (χ0v) is 22.1. The van der Waals surface area contributed by atoms with Gasteiger partial charge in [0.1, 0.15) is 17.5 Å².